The van der Waals surface area contributed by atoms with Crippen LogP contribution in [-0.4, -0.2) is 48.5 Å². The minimum atomic E-state index is -0.642. The summed E-state index contributed by atoms with van der Waals surface area (Å²) in [6.07, 6.45) is 9.72. The number of hydrogen-bond donors (Lipinski definition) is 1. The van der Waals surface area contributed by atoms with E-state index in [1.807, 2.05) is 20.8 Å². The van der Waals surface area contributed by atoms with Crippen molar-refractivity contribution in [2.75, 3.05) is 14.2 Å². The number of carboxylic acids is 1. The third-order valence-corrected chi connectivity index (χ3v) is 9.00. The van der Waals surface area contributed by atoms with Crippen LogP contribution in [0.15, 0.2) is 70.4 Å². The van der Waals surface area contributed by atoms with Gasteiger partial charge in [-0.25, -0.2) is 4.79 Å². The second kappa shape index (κ2) is 30.3. The van der Waals surface area contributed by atoms with Crippen LogP contribution in [0.1, 0.15) is 128 Å². The molecule has 0 aliphatic heterocycles. The van der Waals surface area contributed by atoms with Crippen molar-refractivity contribution in [2.45, 2.75) is 128 Å². The number of methoxy groups -OCH3 is 2. The van der Waals surface area contributed by atoms with E-state index in [0.29, 0.717) is 11.7 Å². The molecule has 2 N–H and O–H groups in total. The molecule has 276 valence electrons. The molecule has 8 nitrogen and oxygen atoms in total. The normalized spacial score (nSPS) is 19.1. The van der Waals surface area contributed by atoms with Crippen molar-refractivity contribution in [3.63, 3.8) is 0 Å². The summed E-state index contributed by atoms with van der Waals surface area (Å²) in [5.74, 6) is -0.429. The molecule has 9 heteroatoms. The maximum Gasteiger partial charge on any atom is 1.00 e. The summed E-state index contributed by atoms with van der Waals surface area (Å²) in [5, 5.41) is 8.72. The number of hydrogen-bond acceptors (Lipinski definition) is 7. The predicted molar refractivity (Wildman–Crippen MR) is 198 cm³/mol. The number of carbonyl (C=O) groups is 4. The molecule has 49 heavy (non-hydrogen) atoms. The van der Waals surface area contributed by atoms with Crippen molar-refractivity contribution in [2.24, 2.45) is 17.8 Å². The molecule has 0 aromatic carbocycles. The average molecular weight is 699 g/mol. The minimum Gasteiger partial charge on any atom is -0.870 e. The first kappa shape index (κ1) is 55.9. The summed E-state index contributed by atoms with van der Waals surface area (Å²) in [7, 11) is 2.77. The number of esters is 2. The average Bonchev–Trinajstić information content (AvgIpc) is 3.01. The number of Topliss-reactive ketones (excluding diaryl/α,β-unsaturated/α-hetero) is 1. The summed E-state index contributed by atoms with van der Waals surface area (Å²) in [6, 6.07) is 0. The Morgan fingerprint density at radius 1 is 0.653 bits per heavy atom. The molecule has 0 fully saturated rings. The first-order chi connectivity index (χ1) is 21.3. The second-order valence-electron chi connectivity index (χ2n) is 12.8. The van der Waals surface area contributed by atoms with E-state index >= 15 is 0 Å². The van der Waals surface area contributed by atoms with Crippen LogP contribution >= 0.6 is 0 Å². The summed E-state index contributed by atoms with van der Waals surface area (Å²) >= 11 is 0. The fourth-order valence-corrected chi connectivity index (χ4v) is 4.76. The molecule has 3 rings (SSSR count). The van der Waals surface area contributed by atoms with Gasteiger partial charge in [0.1, 0.15) is 5.78 Å². The van der Waals surface area contributed by atoms with Gasteiger partial charge in [0.15, 0.2) is 0 Å². The van der Waals surface area contributed by atoms with Gasteiger partial charge in [0.05, 0.1) is 26.1 Å². The molecule has 0 bridgehead atoms. The van der Waals surface area contributed by atoms with Crippen LogP contribution in [0.4, 0.5) is 0 Å². The van der Waals surface area contributed by atoms with Crippen molar-refractivity contribution >= 4 is 23.7 Å². The topological polar surface area (TPSA) is 137 Å². The molecule has 3 unspecified atom stereocenters. The molecule has 3 atom stereocenters. The maximum absolute atomic E-state index is 11.2. The number of allylic oxidation sites excluding steroid dienone is 8. The molecule has 0 amide bonds. The number of carbonyl (C=O) groups excluding carboxylic acids is 3. The molecular weight excluding hydrogens is 631 g/mol. The van der Waals surface area contributed by atoms with Crippen molar-refractivity contribution < 1.29 is 68.8 Å². The second-order valence-corrected chi connectivity index (χ2v) is 12.8. The van der Waals surface area contributed by atoms with Crippen LogP contribution in [0, 0.1) is 17.8 Å². The van der Waals surface area contributed by atoms with E-state index in [0.717, 1.165) is 75.0 Å². The quantitative estimate of drug-likeness (QED) is 0.105. The molecule has 0 saturated heterocycles. The zero-order valence-corrected chi connectivity index (χ0v) is 34.1. The molecule has 3 aliphatic carbocycles. The van der Waals surface area contributed by atoms with Crippen molar-refractivity contribution in [3.8, 4) is 0 Å². The molecular formula is C40H67NaO8. The van der Waals surface area contributed by atoms with Gasteiger partial charge < -0.3 is 20.1 Å². The van der Waals surface area contributed by atoms with Gasteiger partial charge in [0, 0.05) is 12.0 Å². The number of ketones is 1. The van der Waals surface area contributed by atoms with Gasteiger partial charge >= 0.3 is 47.5 Å². The van der Waals surface area contributed by atoms with Gasteiger partial charge in [-0.1, -0.05) is 71.7 Å². The van der Waals surface area contributed by atoms with E-state index in [2.05, 4.69) is 59.1 Å². The van der Waals surface area contributed by atoms with E-state index in [1.165, 1.54) is 47.7 Å². The standard InChI is InChI=1S/C10H16O2.C10H16O.C9H14O2.C6H10.C4H6O2.CH4.Na.H2O/c1-7-4-5-9(6-8(7)2)10(11)12-3;1-7-4-5-10(9(3)11)6-8(7)2;1-6-3-4-8(9(10)11)5-7(6)2;1-5(2)6(3)4;1-3-4(5)6-2;;;/h9H,4-6H2,1-3H3;10H,4-6H2,1-3H3;8H,3-5H2,1-2H3,(H,10,11);1,3H2,2,4H3;3H,1H2,2H3;1H4;;1H2/q;;;;;;+1;/p-1. The van der Waals surface area contributed by atoms with Crippen molar-refractivity contribution in [1.29, 1.82) is 0 Å². The van der Waals surface area contributed by atoms with E-state index in [4.69, 9.17) is 9.84 Å². The Labute approximate surface area is 320 Å². The number of ether oxygens (including phenoxy) is 2. The molecule has 0 aromatic rings. The van der Waals surface area contributed by atoms with Gasteiger partial charge in [0.2, 0.25) is 0 Å². The zero-order valence-electron chi connectivity index (χ0n) is 32.1. The molecule has 0 spiro atoms. The molecule has 0 aromatic heterocycles. The predicted octanol–water partition coefficient (Wildman–Crippen LogP) is 7.16. The van der Waals surface area contributed by atoms with Gasteiger partial charge in [0.25, 0.3) is 0 Å². The summed E-state index contributed by atoms with van der Waals surface area (Å²) < 4.78 is 8.85. The van der Waals surface area contributed by atoms with Crippen LogP contribution in [0.5, 0.6) is 0 Å². The summed E-state index contributed by atoms with van der Waals surface area (Å²) in [6.45, 7) is 28.7. The molecule has 0 radical (unpaired) electrons. The van der Waals surface area contributed by atoms with Gasteiger partial charge in [-0.3, -0.25) is 14.4 Å². The molecule has 0 heterocycles. The van der Waals surface area contributed by atoms with E-state index in [1.54, 1.807) is 6.92 Å². The SMILES string of the molecule is C.C=C(C)C(=C)C.C=CC(=O)OC.CC(=O)C1CCC(C)=C(C)C1.CC1=C(C)CC(C(=O)O)CC1.COC(=O)C1CCC(C)=C(C)C1.[Na+].[OH-]. The van der Waals surface area contributed by atoms with Gasteiger partial charge in [-0.2, -0.15) is 0 Å². The number of rotatable bonds is 5. The Hall–Kier alpha value is -2.52. The third-order valence-electron chi connectivity index (χ3n) is 9.00. The van der Waals surface area contributed by atoms with Crippen LogP contribution < -0.4 is 29.6 Å². The number of aliphatic carboxylic acids is 1. The third kappa shape index (κ3) is 25.1. The van der Waals surface area contributed by atoms with Crippen LogP contribution in [-0.2, 0) is 28.7 Å². The monoisotopic (exact) mass is 698 g/mol. The zero-order chi connectivity index (χ0) is 36.1. The van der Waals surface area contributed by atoms with Gasteiger partial charge in [-0.05, 0) is 120 Å². The fraction of sp³-hybridized carbons (Fsp3) is 0.600. The number of carboxylic acid groups (broad SMARTS) is 1. The van der Waals surface area contributed by atoms with Gasteiger partial charge in [-0.15, -0.1) is 0 Å². The Morgan fingerprint density at radius 3 is 1.22 bits per heavy atom. The van der Waals surface area contributed by atoms with Crippen molar-refractivity contribution in [3.05, 3.63) is 70.4 Å². The fourth-order valence-electron chi connectivity index (χ4n) is 4.76. The minimum absolute atomic E-state index is 0. The Kier molecular flexibility index (Phi) is 34.6. The Morgan fingerprint density at radius 2 is 0.980 bits per heavy atom. The van der Waals surface area contributed by atoms with Crippen molar-refractivity contribution in [1.82, 2.24) is 0 Å². The van der Waals surface area contributed by atoms with Crippen LogP contribution in [0.3, 0.4) is 0 Å². The largest absolute Gasteiger partial charge is 1.00 e. The first-order valence-corrected chi connectivity index (χ1v) is 16.1. The van der Waals surface area contributed by atoms with Crippen LogP contribution in [0.25, 0.3) is 0 Å². The molecule has 0 saturated carbocycles. The summed E-state index contributed by atoms with van der Waals surface area (Å²) in [4.78, 5) is 42.6. The first-order valence-electron chi connectivity index (χ1n) is 16.1. The van der Waals surface area contributed by atoms with E-state index in [9.17, 15) is 19.2 Å². The summed E-state index contributed by atoms with van der Waals surface area (Å²) in [5.41, 5.74) is 10.5. The maximum atomic E-state index is 11.2. The Balaban J connectivity index is -0.000000167. The van der Waals surface area contributed by atoms with E-state index in [-0.39, 0.29) is 60.3 Å². The van der Waals surface area contributed by atoms with Crippen LogP contribution in [0.2, 0.25) is 0 Å². The smallest absolute Gasteiger partial charge is 0.870 e. The Bertz CT molecular complexity index is 1130. The van der Waals surface area contributed by atoms with E-state index < -0.39 is 11.9 Å². The molecule has 3 aliphatic rings.